The molecule has 0 radical (unpaired) electrons. The van der Waals surface area contributed by atoms with Gasteiger partial charge in [-0.05, 0) is 69.6 Å². The molecule has 4 heterocycles. The van der Waals surface area contributed by atoms with Gasteiger partial charge in [0.05, 0.1) is 25.4 Å². The van der Waals surface area contributed by atoms with Crippen LogP contribution in [0.2, 0.25) is 0 Å². The highest BCUT2D eigenvalue weighted by Gasteiger charge is 2.42. The lowest BCUT2D eigenvalue weighted by atomic mass is 9.98. The van der Waals surface area contributed by atoms with Gasteiger partial charge in [0.1, 0.15) is 17.3 Å². The first kappa shape index (κ1) is 23.2. The number of aryl methyl sites for hydroxylation is 2. The normalized spacial score (nSPS) is 23.2. The van der Waals surface area contributed by atoms with E-state index in [4.69, 9.17) is 14.0 Å². The first-order valence-corrected chi connectivity index (χ1v) is 13.0. The van der Waals surface area contributed by atoms with Crippen molar-refractivity contribution < 1.29 is 18.8 Å². The summed E-state index contributed by atoms with van der Waals surface area (Å²) in [6.45, 7) is 4.60. The maximum atomic E-state index is 12.0. The molecule has 2 aromatic heterocycles. The Morgan fingerprint density at radius 1 is 1.08 bits per heavy atom. The predicted molar refractivity (Wildman–Crippen MR) is 136 cm³/mol. The maximum absolute atomic E-state index is 12.0. The zero-order valence-electron chi connectivity index (χ0n) is 21.2. The number of hydrogen-bond acceptors (Lipinski definition) is 7. The summed E-state index contributed by atoms with van der Waals surface area (Å²) in [4.78, 5) is 19.1. The van der Waals surface area contributed by atoms with Crippen LogP contribution in [0.1, 0.15) is 77.3 Å². The van der Waals surface area contributed by atoms with Gasteiger partial charge in [-0.15, -0.1) is 0 Å². The summed E-state index contributed by atoms with van der Waals surface area (Å²) in [5.74, 6) is 2.10. The number of anilines is 1. The molecule has 7 nitrogen and oxygen atoms in total. The van der Waals surface area contributed by atoms with Crippen molar-refractivity contribution in [1.82, 2.24) is 10.1 Å². The number of benzene rings is 1. The Morgan fingerprint density at radius 2 is 1.83 bits per heavy atom. The molecule has 36 heavy (non-hydrogen) atoms. The van der Waals surface area contributed by atoms with Crippen LogP contribution < -0.4 is 4.90 Å². The molecular weight excluding hydrogens is 454 g/mol. The van der Waals surface area contributed by atoms with Crippen LogP contribution in [0, 0.1) is 13.8 Å². The summed E-state index contributed by atoms with van der Waals surface area (Å²) >= 11 is 0. The van der Waals surface area contributed by atoms with Gasteiger partial charge in [0, 0.05) is 35.3 Å². The average Bonchev–Trinajstić information content (AvgIpc) is 3.59. The molecule has 1 saturated carbocycles. The molecule has 0 spiro atoms. The molecule has 3 atom stereocenters. The highest BCUT2D eigenvalue weighted by atomic mass is 16.5. The molecule has 3 aliphatic rings. The summed E-state index contributed by atoms with van der Waals surface area (Å²) in [5, 5.41) is 4.50. The number of pyridine rings is 1. The molecule has 188 valence electrons. The Balaban J connectivity index is 1.18. The van der Waals surface area contributed by atoms with E-state index >= 15 is 0 Å². The summed E-state index contributed by atoms with van der Waals surface area (Å²) in [6.07, 6.45) is 8.40. The van der Waals surface area contributed by atoms with E-state index in [-0.39, 0.29) is 12.1 Å². The third-order valence-corrected chi connectivity index (χ3v) is 8.09. The Hall–Kier alpha value is -3.19. The molecule has 0 N–H and O–H groups in total. The van der Waals surface area contributed by atoms with Crippen molar-refractivity contribution in [2.75, 3.05) is 12.0 Å². The second-order valence-corrected chi connectivity index (χ2v) is 10.5. The van der Waals surface area contributed by atoms with Gasteiger partial charge in [0.2, 0.25) is 0 Å². The minimum Gasteiger partial charge on any atom is -0.465 e. The van der Waals surface area contributed by atoms with Gasteiger partial charge in [-0.1, -0.05) is 29.4 Å². The first-order valence-electron chi connectivity index (χ1n) is 13.0. The first-order chi connectivity index (χ1) is 17.5. The second-order valence-electron chi connectivity index (χ2n) is 10.5. The summed E-state index contributed by atoms with van der Waals surface area (Å²) in [6, 6.07) is 11.2. The van der Waals surface area contributed by atoms with Gasteiger partial charge in [-0.25, -0.2) is 9.78 Å². The number of methoxy groups -OCH3 is 1. The van der Waals surface area contributed by atoms with Crippen LogP contribution >= 0.6 is 0 Å². The van der Waals surface area contributed by atoms with E-state index < -0.39 is 0 Å². The van der Waals surface area contributed by atoms with Crippen molar-refractivity contribution in [2.45, 2.75) is 83.1 Å². The summed E-state index contributed by atoms with van der Waals surface area (Å²) < 4.78 is 17.3. The van der Waals surface area contributed by atoms with Gasteiger partial charge in [-0.3, -0.25) is 0 Å². The lowest BCUT2D eigenvalue weighted by molar-refractivity contribution is 0.0146. The zero-order valence-corrected chi connectivity index (χ0v) is 21.2. The molecule has 1 aromatic carbocycles. The largest absolute Gasteiger partial charge is 0.465 e. The van der Waals surface area contributed by atoms with E-state index in [0.29, 0.717) is 30.2 Å². The standard InChI is InChI=1S/C29H33N3O4/c1-17-6-4-5-7-23(17)27-25(28(36-31-27)19-8-9-19)16-35-22-13-20-10-11-21(14-22)32(20)26-12-18(2)24(15-30-26)29(33)34-3/h4-7,12,15,19-22H,8-11,13-14,16H2,1-3H3/t20-,21?,22-/m0/s1. The number of aromatic nitrogens is 2. The van der Waals surface area contributed by atoms with Crippen LogP contribution in [-0.2, 0) is 16.1 Å². The van der Waals surface area contributed by atoms with Crippen molar-refractivity contribution in [3.63, 3.8) is 0 Å². The zero-order chi connectivity index (χ0) is 24.8. The number of nitrogens with zero attached hydrogens (tertiary/aromatic N) is 3. The predicted octanol–water partition coefficient (Wildman–Crippen LogP) is 5.73. The van der Waals surface area contributed by atoms with Crippen molar-refractivity contribution in [3.8, 4) is 11.3 Å². The van der Waals surface area contributed by atoms with Crippen LogP contribution in [0.4, 0.5) is 5.82 Å². The number of fused-ring (bicyclic) bond motifs is 2. The smallest absolute Gasteiger partial charge is 0.339 e. The third kappa shape index (κ3) is 4.19. The molecule has 6 rings (SSSR count). The fourth-order valence-corrected chi connectivity index (χ4v) is 6.02. The van der Waals surface area contributed by atoms with Crippen LogP contribution in [0.25, 0.3) is 11.3 Å². The lowest BCUT2D eigenvalue weighted by Crippen LogP contribution is -2.46. The number of hydrogen-bond donors (Lipinski definition) is 0. The number of carbonyl (C=O) groups is 1. The topological polar surface area (TPSA) is 77.7 Å². The molecule has 1 aliphatic carbocycles. The van der Waals surface area contributed by atoms with Gasteiger partial charge in [0.25, 0.3) is 0 Å². The van der Waals surface area contributed by atoms with E-state index in [9.17, 15) is 4.79 Å². The Kier molecular flexibility index (Phi) is 6.04. The molecule has 0 amide bonds. The minimum absolute atomic E-state index is 0.195. The average molecular weight is 488 g/mol. The third-order valence-electron chi connectivity index (χ3n) is 8.09. The van der Waals surface area contributed by atoms with Crippen LogP contribution in [0.5, 0.6) is 0 Å². The van der Waals surface area contributed by atoms with Crippen LogP contribution in [0.15, 0.2) is 41.1 Å². The molecule has 2 saturated heterocycles. The maximum Gasteiger partial charge on any atom is 0.339 e. The van der Waals surface area contributed by atoms with E-state index in [1.54, 1.807) is 6.20 Å². The van der Waals surface area contributed by atoms with Gasteiger partial charge in [0.15, 0.2) is 0 Å². The molecule has 1 unspecified atom stereocenters. The van der Waals surface area contributed by atoms with E-state index in [1.807, 2.05) is 13.0 Å². The number of carbonyl (C=O) groups excluding carboxylic acids is 1. The Bertz CT molecular complexity index is 1270. The highest BCUT2D eigenvalue weighted by molar-refractivity contribution is 5.90. The molecular formula is C29H33N3O4. The molecule has 2 aliphatic heterocycles. The van der Waals surface area contributed by atoms with Gasteiger partial charge in [-0.2, -0.15) is 0 Å². The van der Waals surface area contributed by atoms with Gasteiger partial charge < -0.3 is 18.9 Å². The van der Waals surface area contributed by atoms with E-state index in [1.165, 1.54) is 25.5 Å². The van der Waals surface area contributed by atoms with Crippen LogP contribution in [-0.4, -0.2) is 41.4 Å². The summed E-state index contributed by atoms with van der Waals surface area (Å²) in [7, 11) is 1.40. The molecule has 7 heteroatoms. The quantitative estimate of drug-likeness (QED) is 0.394. The molecule has 2 bridgehead atoms. The fraction of sp³-hybridized carbons (Fsp3) is 0.483. The van der Waals surface area contributed by atoms with E-state index in [0.717, 1.165) is 59.6 Å². The Labute approximate surface area is 211 Å². The van der Waals surface area contributed by atoms with Crippen molar-refractivity contribution in [3.05, 3.63) is 64.5 Å². The molecule has 3 fully saturated rings. The second kappa shape index (κ2) is 9.36. The Morgan fingerprint density at radius 3 is 2.50 bits per heavy atom. The van der Waals surface area contributed by atoms with Crippen molar-refractivity contribution >= 4 is 11.8 Å². The monoisotopic (exact) mass is 487 g/mol. The highest BCUT2D eigenvalue weighted by Crippen LogP contribution is 2.45. The SMILES string of the molecule is COC(=O)c1cnc(N2C3CC[C@H]2C[C@H](OCc2c(-c4ccccc4C)noc2C2CC2)C3)cc1C. The van der Waals surface area contributed by atoms with Crippen molar-refractivity contribution in [1.29, 1.82) is 0 Å². The number of piperidine rings is 1. The van der Waals surface area contributed by atoms with Crippen molar-refractivity contribution in [2.24, 2.45) is 0 Å². The number of esters is 1. The van der Waals surface area contributed by atoms with E-state index in [2.05, 4.69) is 46.2 Å². The lowest BCUT2D eigenvalue weighted by Gasteiger charge is -2.39. The fourth-order valence-electron chi connectivity index (χ4n) is 6.02. The van der Waals surface area contributed by atoms with Gasteiger partial charge >= 0.3 is 5.97 Å². The summed E-state index contributed by atoms with van der Waals surface area (Å²) in [5.41, 5.74) is 5.79. The number of ether oxygens (including phenoxy) is 2. The minimum atomic E-state index is -0.342. The number of rotatable bonds is 7. The van der Waals surface area contributed by atoms with Crippen LogP contribution in [0.3, 0.4) is 0 Å². The molecule has 3 aromatic rings.